The number of benzene rings is 2. The van der Waals surface area contributed by atoms with Gasteiger partial charge in [0.15, 0.2) is 11.5 Å². The standard InChI is InChI=1S/C23H23F3N6O3/c1-22(2,3)30-21(35)27-14-9-10-15(16(33)11-14)20(34)32-31-18-12-17(23(24,25)26)28-19(29-18)13-7-5-4-6-8-13/h4-12,33H,1-3H3,(H,32,34)(H2,27,30,35)(H,28,29,31). The van der Waals surface area contributed by atoms with E-state index in [4.69, 9.17) is 0 Å². The monoisotopic (exact) mass is 488 g/mol. The predicted molar refractivity (Wildman–Crippen MR) is 124 cm³/mol. The van der Waals surface area contributed by atoms with E-state index in [0.717, 1.165) is 6.07 Å². The number of amides is 3. The fourth-order valence-electron chi connectivity index (χ4n) is 2.87. The molecule has 35 heavy (non-hydrogen) atoms. The Hall–Kier alpha value is -4.35. The van der Waals surface area contributed by atoms with Crippen LogP contribution in [0.5, 0.6) is 5.75 Å². The van der Waals surface area contributed by atoms with E-state index >= 15 is 0 Å². The Balaban J connectivity index is 1.75. The minimum Gasteiger partial charge on any atom is -0.507 e. The zero-order valence-corrected chi connectivity index (χ0v) is 19.0. The molecule has 0 aliphatic heterocycles. The minimum atomic E-state index is -4.74. The Kier molecular flexibility index (Phi) is 7.13. The molecule has 0 bridgehead atoms. The third-order valence-corrected chi connectivity index (χ3v) is 4.34. The van der Waals surface area contributed by atoms with Gasteiger partial charge in [0.1, 0.15) is 11.6 Å². The average molecular weight is 488 g/mol. The lowest BCUT2D eigenvalue weighted by atomic mass is 10.1. The number of alkyl halides is 3. The highest BCUT2D eigenvalue weighted by atomic mass is 19.4. The molecule has 3 amide bonds. The van der Waals surface area contributed by atoms with Crippen LogP contribution in [0.3, 0.4) is 0 Å². The summed E-state index contributed by atoms with van der Waals surface area (Å²) in [5, 5.41) is 15.4. The number of phenols is 1. The minimum absolute atomic E-state index is 0.187. The number of nitrogens with one attached hydrogen (secondary N) is 4. The van der Waals surface area contributed by atoms with Crippen molar-refractivity contribution in [1.29, 1.82) is 0 Å². The van der Waals surface area contributed by atoms with Crippen LogP contribution in [0.2, 0.25) is 0 Å². The maximum absolute atomic E-state index is 13.3. The van der Waals surface area contributed by atoms with Gasteiger partial charge in [0, 0.05) is 28.9 Å². The molecule has 0 aliphatic rings. The highest BCUT2D eigenvalue weighted by Crippen LogP contribution is 2.30. The smallest absolute Gasteiger partial charge is 0.433 e. The number of rotatable bonds is 5. The molecule has 0 radical (unpaired) electrons. The number of carbonyl (C=O) groups is 2. The summed E-state index contributed by atoms with van der Waals surface area (Å²) in [5.41, 5.74) is 3.23. The summed E-state index contributed by atoms with van der Waals surface area (Å²) in [6.07, 6.45) is -4.74. The second-order valence-electron chi connectivity index (χ2n) is 8.47. The molecule has 3 aromatic rings. The van der Waals surface area contributed by atoms with E-state index in [1.165, 1.54) is 12.1 Å². The van der Waals surface area contributed by atoms with E-state index in [0.29, 0.717) is 11.6 Å². The number of carbonyl (C=O) groups excluding carboxylic acids is 2. The molecule has 2 aromatic carbocycles. The molecular weight excluding hydrogens is 465 g/mol. The van der Waals surface area contributed by atoms with Crippen molar-refractivity contribution in [3.63, 3.8) is 0 Å². The summed E-state index contributed by atoms with van der Waals surface area (Å²) >= 11 is 0. The first kappa shape index (κ1) is 25.3. The van der Waals surface area contributed by atoms with Gasteiger partial charge in [0.2, 0.25) is 0 Å². The Labute approximate surface area is 198 Å². The molecule has 0 aliphatic carbocycles. The van der Waals surface area contributed by atoms with Crippen molar-refractivity contribution >= 4 is 23.4 Å². The van der Waals surface area contributed by atoms with E-state index in [-0.39, 0.29) is 22.9 Å². The SMILES string of the molecule is CC(C)(C)NC(=O)Nc1ccc(C(=O)NNc2cc(C(F)(F)F)nc(-c3ccccc3)n2)c(O)c1. The molecule has 5 N–H and O–H groups in total. The number of nitrogens with zero attached hydrogens (tertiary/aromatic N) is 2. The van der Waals surface area contributed by atoms with Crippen LogP contribution in [0.4, 0.5) is 29.5 Å². The molecule has 0 fully saturated rings. The summed E-state index contributed by atoms with van der Waals surface area (Å²) in [6, 6.07) is 12.0. The van der Waals surface area contributed by atoms with Gasteiger partial charge in [0.25, 0.3) is 5.91 Å². The lowest BCUT2D eigenvalue weighted by Crippen LogP contribution is -2.43. The Morgan fingerprint density at radius 3 is 2.23 bits per heavy atom. The first-order chi connectivity index (χ1) is 16.3. The molecule has 0 unspecified atom stereocenters. The van der Waals surface area contributed by atoms with Gasteiger partial charge in [-0.1, -0.05) is 30.3 Å². The van der Waals surface area contributed by atoms with E-state index < -0.39 is 35.1 Å². The normalized spacial score (nSPS) is 11.5. The van der Waals surface area contributed by atoms with Crippen LogP contribution in [0, 0.1) is 0 Å². The molecule has 0 saturated heterocycles. The van der Waals surface area contributed by atoms with E-state index in [1.54, 1.807) is 51.1 Å². The van der Waals surface area contributed by atoms with E-state index in [1.807, 2.05) is 0 Å². The molecular formula is C23H23F3N6O3. The number of hydrogen-bond donors (Lipinski definition) is 5. The highest BCUT2D eigenvalue weighted by molar-refractivity contribution is 5.98. The topological polar surface area (TPSA) is 128 Å². The number of phenolic OH excluding ortho intramolecular Hbond substituents is 1. The summed E-state index contributed by atoms with van der Waals surface area (Å²) in [7, 11) is 0. The molecule has 9 nitrogen and oxygen atoms in total. The Morgan fingerprint density at radius 1 is 0.943 bits per heavy atom. The third kappa shape index (κ3) is 7.06. The van der Waals surface area contributed by atoms with E-state index in [9.17, 15) is 27.9 Å². The van der Waals surface area contributed by atoms with Crippen molar-refractivity contribution in [2.45, 2.75) is 32.5 Å². The van der Waals surface area contributed by atoms with Crippen LogP contribution in [0.25, 0.3) is 11.4 Å². The summed E-state index contributed by atoms with van der Waals surface area (Å²) in [4.78, 5) is 32.0. The van der Waals surface area contributed by atoms with Crippen molar-refractivity contribution in [3.8, 4) is 17.1 Å². The molecule has 1 heterocycles. The van der Waals surface area contributed by atoms with Crippen molar-refractivity contribution < 1.29 is 27.9 Å². The van der Waals surface area contributed by atoms with Crippen LogP contribution in [0.15, 0.2) is 54.6 Å². The van der Waals surface area contributed by atoms with Crippen molar-refractivity contribution in [3.05, 3.63) is 65.9 Å². The zero-order chi connectivity index (χ0) is 25.8. The first-order valence-corrected chi connectivity index (χ1v) is 10.3. The van der Waals surface area contributed by atoms with Crippen LogP contribution in [0.1, 0.15) is 36.8 Å². The zero-order valence-electron chi connectivity index (χ0n) is 19.0. The van der Waals surface area contributed by atoms with Gasteiger partial charge in [-0.05, 0) is 32.9 Å². The first-order valence-electron chi connectivity index (χ1n) is 10.3. The summed E-state index contributed by atoms with van der Waals surface area (Å²) < 4.78 is 40.0. The average Bonchev–Trinajstić information content (AvgIpc) is 2.76. The van der Waals surface area contributed by atoms with Gasteiger partial charge < -0.3 is 15.7 Å². The fraction of sp³-hybridized carbons (Fsp3) is 0.217. The number of hydrazine groups is 1. The number of aromatic nitrogens is 2. The van der Waals surface area contributed by atoms with Crippen molar-refractivity contribution in [2.75, 3.05) is 10.7 Å². The number of halogens is 3. The fourth-order valence-corrected chi connectivity index (χ4v) is 2.87. The number of anilines is 2. The van der Waals surface area contributed by atoms with Crippen molar-refractivity contribution in [1.82, 2.24) is 20.7 Å². The Bertz CT molecular complexity index is 1230. The molecule has 0 spiro atoms. The van der Waals surface area contributed by atoms with Crippen LogP contribution in [-0.2, 0) is 6.18 Å². The molecule has 1 aromatic heterocycles. The summed E-state index contributed by atoms with van der Waals surface area (Å²) in [6.45, 7) is 5.38. The summed E-state index contributed by atoms with van der Waals surface area (Å²) in [5.74, 6) is -1.80. The lowest BCUT2D eigenvalue weighted by molar-refractivity contribution is -0.141. The van der Waals surface area contributed by atoms with Gasteiger partial charge in [-0.2, -0.15) is 13.2 Å². The highest BCUT2D eigenvalue weighted by Gasteiger charge is 2.34. The van der Waals surface area contributed by atoms with Crippen LogP contribution >= 0.6 is 0 Å². The van der Waals surface area contributed by atoms with Gasteiger partial charge in [-0.25, -0.2) is 14.8 Å². The van der Waals surface area contributed by atoms with Crippen molar-refractivity contribution in [2.24, 2.45) is 0 Å². The number of urea groups is 1. The predicted octanol–water partition coefficient (Wildman–Crippen LogP) is 4.54. The maximum atomic E-state index is 13.3. The Morgan fingerprint density at radius 2 is 1.63 bits per heavy atom. The van der Waals surface area contributed by atoms with Crippen LogP contribution in [-0.4, -0.2) is 32.6 Å². The lowest BCUT2D eigenvalue weighted by Gasteiger charge is -2.20. The molecule has 0 atom stereocenters. The quantitative estimate of drug-likeness (QED) is 0.336. The second-order valence-corrected chi connectivity index (χ2v) is 8.47. The molecule has 184 valence electrons. The van der Waals surface area contributed by atoms with E-state index in [2.05, 4.69) is 31.5 Å². The molecule has 12 heteroatoms. The van der Waals surface area contributed by atoms with Gasteiger partial charge >= 0.3 is 12.2 Å². The number of aromatic hydroxyl groups is 1. The van der Waals surface area contributed by atoms with Crippen LogP contribution < -0.4 is 21.5 Å². The maximum Gasteiger partial charge on any atom is 0.433 e. The third-order valence-electron chi connectivity index (χ3n) is 4.34. The number of hydrogen-bond acceptors (Lipinski definition) is 6. The van der Waals surface area contributed by atoms with Gasteiger partial charge in [-0.15, -0.1) is 0 Å². The van der Waals surface area contributed by atoms with Gasteiger partial charge in [-0.3, -0.25) is 15.6 Å². The second kappa shape index (κ2) is 9.87. The molecule has 0 saturated carbocycles. The largest absolute Gasteiger partial charge is 0.507 e. The van der Waals surface area contributed by atoms with Gasteiger partial charge in [0.05, 0.1) is 5.56 Å². The molecule has 3 rings (SSSR count).